The van der Waals surface area contributed by atoms with Crippen molar-refractivity contribution in [1.29, 1.82) is 0 Å². The third-order valence-corrected chi connectivity index (χ3v) is 6.38. The largest absolute Gasteiger partial charge is 0.464 e. The smallest absolute Gasteiger partial charge is 0.237 e. The summed E-state index contributed by atoms with van der Waals surface area (Å²) in [5.74, 6) is 1.83. The fraction of sp³-hybridized carbons (Fsp3) is 0.370. The van der Waals surface area contributed by atoms with E-state index < -0.39 is 0 Å². The van der Waals surface area contributed by atoms with E-state index in [9.17, 15) is 9.18 Å². The summed E-state index contributed by atoms with van der Waals surface area (Å²) in [5.41, 5.74) is 1.63. The molecule has 4 rings (SSSR count). The number of carbonyl (C=O) groups is 1. The van der Waals surface area contributed by atoms with Crippen LogP contribution in [0, 0.1) is 18.7 Å². The van der Waals surface area contributed by atoms with Crippen molar-refractivity contribution in [3.8, 4) is 0 Å². The number of carbonyl (C=O) groups excluding carboxylic acids is 1. The van der Waals surface area contributed by atoms with Gasteiger partial charge < -0.3 is 9.32 Å². The van der Waals surface area contributed by atoms with Gasteiger partial charge in [-0.15, -0.1) is 0 Å². The van der Waals surface area contributed by atoms with Crippen LogP contribution in [-0.4, -0.2) is 35.3 Å². The number of nitrogens with zero attached hydrogens (tertiary/aromatic N) is 2. The third kappa shape index (κ3) is 6.92. The normalized spacial score (nSPS) is 13.5. The van der Waals surface area contributed by atoms with E-state index in [2.05, 4.69) is 12.1 Å². The average molecular weight is 469 g/mol. The van der Waals surface area contributed by atoms with E-state index in [1.807, 2.05) is 47.1 Å². The molecule has 0 radical (unpaired) electrons. The van der Waals surface area contributed by atoms with E-state index in [-0.39, 0.29) is 18.3 Å². The number of aryl methyl sites for hydroxylation is 1. The Morgan fingerprint density at radius 3 is 2.52 bits per heavy atom. The maximum absolute atomic E-state index is 14.4. The molecule has 33 heavy (non-hydrogen) atoms. The molecule has 0 N–H and O–H groups in total. The fourth-order valence-electron chi connectivity index (χ4n) is 4.01. The van der Waals surface area contributed by atoms with Gasteiger partial charge in [0.05, 0.1) is 13.1 Å². The lowest BCUT2D eigenvalue weighted by atomic mass is 10.1. The number of rotatable bonds is 11. The molecule has 1 heterocycles. The van der Waals surface area contributed by atoms with Gasteiger partial charge >= 0.3 is 0 Å². The molecular weight excluding hydrogens is 439 g/mol. The van der Waals surface area contributed by atoms with Gasteiger partial charge in [0, 0.05) is 30.2 Å². The maximum atomic E-state index is 14.4. The summed E-state index contributed by atoms with van der Waals surface area (Å²) in [6.45, 7) is 4.20. The molecule has 4 nitrogen and oxygen atoms in total. The summed E-state index contributed by atoms with van der Waals surface area (Å²) >= 11 is 6.28. The first-order chi connectivity index (χ1) is 16.0. The van der Waals surface area contributed by atoms with Gasteiger partial charge in [-0.25, -0.2) is 4.39 Å². The van der Waals surface area contributed by atoms with E-state index in [0.717, 1.165) is 37.3 Å². The number of halogens is 2. The van der Waals surface area contributed by atoms with Crippen LogP contribution in [0.5, 0.6) is 0 Å². The highest BCUT2D eigenvalue weighted by Gasteiger charge is 2.28. The van der Waals surface area contributed by atoms with Gasteiger partial charge in [-0.05, 0) is 61.9 Å². The molecule has 6 heteroatoms. The van der Waals surface area contributed by atoms with Gasteiger partial charge in [-0.1, -0.05) is 48.0 Å². The average Bonchev–Trinajstić information content (AvgIpc) is 3.52. The molecule has 174 valence electrons. The standard InChI is InChI=1S/C27H30ClFN2O2/c1-20-10-13-23(33-20)17-31(15-14-21-6-3-2-4-7-21)27(32)19-30(16-22-11-12-22)18-24-25(28)8-5-9-26(24)29/h2-10,13,22H,11-12,14-19H2,1H3. The maximum Gasteiger partial charge on any atom is 0.237 e. The van der Waals surface area contributed by atoms with Crippen LogP contribution < -0.4 is 0 Å². The summed E-state index contributed by atoms with van der Waals surface area (Å²) < 4.78 is 20.2. The van der Waals surface area contributed by atoms with Gasteiger partial charge in [-0.2, -0.15) is 0 Å². The zero-order valence-electron chi connectivity index (χ0n) is 19.0. The molecule has 0 saturated heterocycles. The Morgan fingerprint density at radius 1 is 1.06 bits per heavy atom. The highest BCUT2D eigenvalue weighted by Crippen LogP contribution is 2.31. The Labute approximate surface area is 199 Å². The summed E-state index contributed by atoms with van der Waals surface area (Å²) in [6, 6.07) is 18.7. The minimum atomic E-state index is -0.331. The highest BCUT2D eigenvalue weighted by atomic mass is 35.5. The molecule has 0 atom stereocenters. The van der Waals surface area contributed by atoms with E-state index >= 15 is 0 Å². The van der Waals surface area contributed by atoms with Crippen molar-refractivity contribution in [2.24, 2.45) is 5.92 Å². The number of furan rings is 1. The molecule has 0 unspecified atom stereocenters. The van der Waals surface area contributed by atoms with Crippen LogP contribution in [0.15, 0.2) is 65.1 Å². The SMILES string of the molecule is Cc1ccc(CN(CCc2ccccc2)C(=O)CN(Cc2c(F)cccc2Cl)CC2CC2)o1. The molecule has 1 fully saturated rings. The van der Waals surface area contributed by atoms with Gasteiger partial charge in [0.2, 0.25) is 5.91 Å². The van der Waals surface area contributed by atoms with E-state index in [1.54, 1.807) is 12.1 Å². The van der Waals surface area contributed by atoms with Crippen LogP contribution in [-0.2, 0) is 24.3 Å². The molecule has 1 aliphatic carbocycles. The second-order valence-corrected chi connectivity index (χ2v) is 9.28. The zero-order valence-corrected chi connectivity index (χ0v) is 19.7. The summed E-state index contributed by atoms with van der Waals surface area (Å²) in [5, 5.41) is 0.398. The number of hydrogen-bond acceptors (Lipinski definition) is 3. The second kappa shape index (κ2) is 11.0. The minimum absolute atomic E-state index is 0.00750. The molecule has 3 aromatic rings. The molecule has 1 amide bonds. The van der Waals surface area contributed by atoms with Crippen molar-refractivity contribution in [1.82, 2.24) is 9.80 Å². The Hall–Kier alpha value is -2.63. The first-order valence-corrected chi connectivity index (χ1v) is 11.9. The van der Waals surface area contributed by atoms with E-state index in [4.69, 9.17) is 16.0 Å². The molecule has 0 bridgehead atoms. The summed E-state index contributed by atoms with van der Waals surface area (Å²) in [7, 11) is 0. The van der Waals surface area contributed by atoms with Crippen LogP contribution in [0.2, 0.25) is 5.02 Å². The Kier molecular flexibility index (Phi) is 7.84. The summed E-state index contributed by atoms with van der Waals surface area (Å²) in [6.07, 6.45) is 3.06. The lowest BCUT2D eigenvalue weighted by Gasteiger charge is -2.27. The van der Waals surface area contributed by atoms with Crippen molar-refractivity contribution in [2.45, 2.75) is 39.3 Å². The molecule has 1 aromatic heterocycles. The Balaban J connectivity index is 1.48. The molecule has 1 aliphatic rings. The predicted molar refractivity (Wildman–Crippen MR) is 128 cm³/mol. The Morgan fingerprint density at radius 2 is 1.85 bits per heavy atom. The molecular formula is C27H30ClFN2O2. The van der Waals surface area contributed by atoms with Crippen LogP contribution in [0.4, 0.5) is 4.39 Å². The lowest BCUT2D eigenvalue weighted by Crippen LogP contribution is -2.41. The number of hydrogen-bond donors (Lipinski definition) is 0. The van der Waals surface area contributed by atoms with Crippen molar-refractivity contribution >= 4 is 17.5 Å². The first-order valence-electron chi connectivity index (χ1n) is 11.5. The van der Waals surface area contributed by atoms with Gasteiger partial charge in [-0.3, -0.25) is 9.69 Å². The van der Waals surface area contributed by atoms with Gasteiger partial charge in [0.1, 0.15) is 17.3 Å². The topological polar surface area (TPSA) is 36.7 Å². The fourth-order valence-corrected chi connectivity index (χ4v) is 4.23. The van der Waals surface area contributed by atoms with Gasteiger partial charge in [0.25, 0.3) is 0 Å². The van der Waals surface area contributed by atoms with Gasteiger partial charge in [0.15, 0.2) is 0 Å². The van der Waals surface area contributed by atoms with Crippen LogP contribution in [0.1, 0.15) is 35.5 Å². The molecule has 1 saturated carbocycles. The minimum Gasteiger partial charge on any atom is -0.464 e. The molecule has 0 aliphatic heterocycles. The Bertz CT molecular complexity index is 1040. The van der Waals surface area contributed by atoms with Crippen molar-refractivity contribution in [2.75, 3.05) is 19.6 Å². The number of benzene rings is 2. The molecule has 2 aromatic carbocycles. The van der Waals surface area contributed by atoms with Crippen molar-refractivity contribution < 1.29 is 13.6 Å². The highest BCUT2D eigenvalue weighted by molar-refractivity contribution is 6.31. The van der Waals surface area contributed by atoms with Crippen molar-refractivity contribution in [3.05, 3.63) is 94.2 Å². The van der Waals surface area contributed by atoms with Crippen LogP contribution >= 0.6 is 11.6 Å². The summed E-state index contributed by atoms with van der Waals surface area (Å²) in [4.78, 5) is 17.3. The van der Waals surface area contributed by atoms with Crippen LogP contribution in [0.25, 0.3) is 0 Å². The third-order valence-electron chi connectivity index (χ3n) is 6.02. The lowest BCUT2D eigenvalue weighted by molar-refractivity contribution is -0.133. The predicted octanol–water partition coefficient (Wildman–Crippen LogP) is 5.86. The van der Waals surface area contributed by atoms with Crippen molar-refractivity contribution in [3.63, 3.8) is 0 Å². The number of amides is 1. The quantitative estimate of drug-likeness (QED) is 0.353. The first kappa shape index (κ1) is 23.5. The van der Waals surface area contributed by atoms with Crippen LogP contribution in [0.3, 0.4) is 0 Å². The second-order valence-electron chi connectivity index (χ2n) is 8.88. The molecule has 0 spiro atoms. The monoisotopic (exact) mass is 468 g/mol. The van der Waals surface area contributed by atoms with E-state index in [1.165, 1.54) is 11.6 Å². The van der Waals surface area contributed by atoms with E-state index in [0.29, 0.717) is 36.1 Å². The zero-order chi connectivity index (χ0) is 23.2.